The standard InChI is InChI=1S/C28H37N3O2/c1-21(2)30-27(33)28(14-17-31(18-15-28)26(32)24-7-4-3-5-8-24)19-22-10-12-23(13-11-22)25-9-6-16-29-20-25/h6,9-13,16,20-21,24H,3-5,7-8,14-15,17-19H2,1-2H3,(H,30,33). The Labute approximate surface area is 198 Å². The van der Waals surface area contributed by atoms with Crippen LogP contribution < -0.4 is 5.32 Å². The molecule has 1 aliphatic carbocycles. The summed E-state index contributed by atoms with van der Waals surface area (Å²) in [6.07, 6.45) is 11.4. The maximum absolute atomic E-state index is 13.4. The average Bonchev–Trinajstić information content (AvgIpc) is 2.85. The molecule has 2 heterocycles. The van der Waals surface area contributed by atoms with Crippen molar-refractivity contribution in [1.29, 1.82) is 0 Å². The monoisotopic (exact) mass is 447 g/mol. The minimum atomic E-state index is -0.469. The van der Waals surface area contributed by atoms with Crippen LogP contribution in [0.3, 0.4) is 0 Å². The molecule has 1 aliphatic heterocycles. The van der Waals surface area contributed by atoms with E-state index in [2.05, 4.69) is 40.6 Å². The fraction of sp³-hybridized carbons (Fsp3) is 0.536. The molecule has 4 rings (SSSR count). The molecule has 1 saturated carbocycles. The summed E-state index contributed by atoms with van der Waals surface area (Å²) >= 11 is 0. The average molecular weight is 448 g/mol. The van der Waals surface area contributed by atoms with Crippen LogP contribution in [0.15, 0.2) is 48.8 Å². The Bertz CT molecular complexity index is 925. The highest BCUT2D eigenvalue weighted by molar-refractivity contribution is 5.84. The molecule has 176 valence electrons. The van der Waals surface area contributed by atoms with Crippen LogP contribution in [0, 0.1) is 11.3 Å². The number of nitrogens with one attached hydrogen (secondary N) is 1. The lowest BCUT2D eigenvalue weighted by Crippen LogP contribution is -2.53. The number of piperidine rings is 1. The van der Waals surface area contributed by atoms with Gasteiger partial charge < -0.3 is 10.2 Å². The van der Waals surface area contributed by atoms with E-state index in [-0.39, 0.29) is 17.9 Å². The van der Waals surface area contributed by atoms with Crippen LogP contribution >= 0.6 is 0 Å². The van der Waals surface area contributed by atoms with Crippen molar-refractivity contribution >= 4 is 11.8 Å². The first-order valence-corrected chi connectivity index (χ1v) is 12.6. The van der Waals surface area contributed by atoms with E-state index >= 15 is 0 Å². The van der Waals surface area contributed by atoms with Crippen LogP contribution in [-0.2, 0) is 16.0 Å². The molecule has 33 heavy (non-hydrogen) atoms. The smallest absolute Gasteiger partial charge is 0.226 e. The quantitative estimate of drug-likeness (QED) is 0.677. The van der Waals surface area contributed by atoms with Crippen molar-refractivity contribution in [2.24, 2.45) is 11.3 Å². The molecular weight excluding hydrogens is 410 g/mol. The Hall–Kier alpha value is -2.69. The van der Waals surface area contributed by atoms with E-state index in [1.165, 1.54) is 19.3 Å². The summed E-state index contributed by atoms with van der Waals surface area (Å²) < 4.78 is 0. The summed E-state index contributed by atoms with van der Waals surface area (Å²) in [7, 11) is 0. The van der Waals surface area contributed by atoms with Crippen molar-refractivity contribution < 1.29 is 9.59 Å². The maximum atomic E-state index is 13.4. The van der Waals surface area contributed by atoms with Gasteiger partial charge in [0.1, 0.15) is 0 Å². The third-order valence-corrected chi connectivity index (χ3v) is 7.38. The lowest BCUT2D eigenvalue weighted by atomic mass is 9.72. The Morgan fingerprint density at radius 1 is 1.03 bits per heavy atom. The first-order valence-electron chi connectivity index (χ1n) is 12.6. The van der Waals surface area contributed by atoms with Gasteiger partial charge in [0, 0.05) is 37.4 Å². The largest absolute Gasteiger partial charge is 0.353 e. The third-order valence-electron chi connectivity index (χ3n) is 7.38. The van der Waals surface area contributed by atoms with Gasteiger partial charge in [-0.15, -0.1) is 0 Å². The summed E-state index contributed by atoms with van der Waals surface area (Å²) in [5.41, 5.74) is 2.91. The highest BCUT2D eigenvalue weighted by atomic mass is 16.2. The number of amides is 2. The van der Waals surface area contributed by atoms with Gasteiger partial charge in [0.05, 0.1) is 5.41 Å². The molecule has 2 aromatic rings. The molecule has 0 atom stereocenters. The molecule has 5 heteroatoms. The lowest BCUT2D eigenvalue weighted by Gasteiger charge is -2.42. The minimum Gasteiger partial charge on any atom is -0.353 e. The Morgan fingerprint density at radius 2 is 1.73 bits per heavy atom. The molecule has 2 amide bonds. The molecular formula is C28H37N3O2. The van der Waals surface area contributed by atoms with E-state index in [9.17, 15) is 9.59 Å². The van der Waals surface area contributed by atoms with Crippen LogP contribution in [0.25, 0.3) is 11.1 Å². The van der Waals surface area contributed by atoms with Crippen molar-refractivity contribution in [3.05, 3.63) is 54.4 Å². The zero-order chi connectivity index (χ0) is 23.3. The molecule has 1 saturated heterocycles. The molecule has 0 spiro atoms. The van der Waals surface area contributed by atoms with E-state index in [1.54, 1.807) is 6.20 Å². The van der Waals surface area contributed by atoms with Gasteiger partial charge >= 0.3 is 0 Å². The van der Waals surface area contributed by atoms with E-state index in [4.69, 9.17) is 0 Å². The van der Waals surface area contributed by atoms with Crippen LogP contribution in [0.4, 0.5) is 0 Å². The van der Waals surface area contributed by atoms with Gasteiger partial charge in [0.25, 0.3) is 0 Å². The Balaban J connectivity index is 1.47. The van der Waals surface area contributed by atoms with Gasteiger partial charge in [-0.25, -0.2) is 0 Å². The molecule has 1 aromatic heterocycles. The van der Waals surface area contributed by atoms with Crippen molar-refractivity contribution in [3.8, 4) is 11.1 Å². The van der Waals surface area contributed by atoms with Crippen LogP contribution in [0.1, 0.15) is 64.4 Å². The van der Waals surface area contributed by atoms with Crippen molar-refractivity contribution in [2.45, 2.75) is 71.3 Å². The second-order valence-corrected chi connectivity index (χ2v) is 10.2. The van der Waals surface area contributed by atoms with E-state index in [0.717, 1.165) is 29.5 Å². The Kier molecular flexibility index (Phi) is 7.46. The zero-order valence-corrected chi connectivity index (χ0v) is 20.1. The van der Waals surface area contributed by atoms with Gasteiger partial charge in [0.15, 0.2) is 0 Å². The SMILES string of the molecule is CC(C)NC(=O)C1(Cc2ccc(-c3cccnc3)cc2)CCN(C(=O)C2CCCCC2)CC1. The number of benzene rings is 1. The fourth-order valence-corrected chi connectivity index (χ4v) is 5.40. The second kappa shape index (κ2) is 10.5. The normalized spacial score (nSPS) is 18.8. The molecule has 0 radical (unpaired) electrons. The summed E-state index contributed by atoms with van der Waals surface area (Å²) in [4.78, 5) is 32.7. The van der Waals surface area contributed by atoms with Crippen molar-refractivity contribution in [2.75, 3.05) is 13.1 Å². The van der Waals surface area contributed by atoms with Gasteiger partial charge in [-0.3, -0.25) is 14.6 Å². The molecule has 0 unspecified atom stereocenters. The number of nitrogens with zero attached hydrogens (tertiary/aromatic N) is 2. The summed E-state index contributed by atoms with van der Waals surface area (Å²) in [6, 6.07) is 12.6. The topological polar surface area (TPSA) is 62.3 Å². The predicted octanol–water partition coefficient (Wildman–Crippen LogP) is 5.00. The van der Waals surface area contributed by atoms with Gasteiger partial charge in [0.2, 0.25) is 11.8 Å². The highest BCUT2D eigenvalue weighted by Gasteiger charge is 2.43. The second-order valence-electron chi connectivity index (χ2n) is 10.2. The van der Waals surface area contributed by atoms with Gasteiger partial charge in [-0.2, -0.15) is 0 Å². The first kappa shape index (κ1) is 23.5. The fourth-order valence-electron chi connectivity index (χ4n) is 5.40. The number of hydrogen-bond donors (Lipinski definition) is 1. The Morgan fingerprint density at radius 3 is 2.33 bits per heavy atom. The molecule has 1 aromatic carbocycles. The number of pyridine rings is 1. The van der Waals surface area contributed by atoms with Crippen LogP contribution in [-0.4, -0.2) is 40.8 Å². The van der Waals surface area contributed by atoms with Gasteiger partial charge in [-0.1, -0.05) is 49.6 Å². The first-order chi connectivity index (χ1) is 16.0. The third kappa shape index (κ3) is 5.63. The van der Waals surface area contributed by atoms with Crippen LogP contribution in [0.5, 0.6) is 0 Å². The van der Waals surface area contributed by atoms with Crippen molar-refractivity contribution in [3.63, 3.8) is 0 Å². The molecule has 2 fully saturated rings. The number of aromatic nitrogens is 1. The minimum absolute atomic E-state index is 0.101. The zero-order valence-electron chi connectivity index (χ0n) is 20.1. The molecule has 0 bridgehead atoms. The molecule has 1 N–H and O–H groups in total. The summed E-state index contributed by atoms with van der Waals surface area (Å²) in [6.45, 7) is 5.37. The van der Waals surface area contributed by atoms with E-state index < -0.39 is 5.41 Å². The summed E-state index contributed by atoms with van der Waals surface area (Å²) in [5.74, 6) is 0.628. The predicted molar refractivity (Wildman–Crippen MR) is 131 cm³/mol. The van der Waals surface area contributed by atoms with Crippen LogP contribution in [0.2, 0.25) is 0 Å². The van der Waals surface area contributed by atoms with E-state index in [1.807, 2.05) is 31.0 Å². The number of carbonyl (C=O) groups is 2. The number of carbonyl (C=O) groups excluding carboxylic acids is 2. The van der Waals surface area contributed by atoms with E-state index in [0.29, 0.717) is 38.3 Å². The number of rotatable bonds is 6. The molecule has 5 nitrogen and oxygen atoms in total. The van der Waals surface area contributed by atoms with Crippen molar-refractivity contribution in [1.82, 2.24) is 15.2 Å². The summed E-state index contributed by atoms with van der Waals surface area (Å²) in [5, 5.41) is 3.17. The number of hydrogen-bond acceptors (Lipinski definition) is 3. The lowest BCUT2D eigenvalue weighted by molar-refractivity contribution is -0.144. The van der Waals surface area contributed by atoms with Gasteiger partial charge in [-0.05, 0) is 68.7 Å². The highest BCUT2D eigenvalue weighted by Crippen LogP contribution is 2.37. The molecule has 2 aliphatic rings. The number of likely N-dealkylation sites (tertiary alicyclic amines) is 1. The maximum Gasteiger partial charge on any atom is 0.226 e.